The highest BCUT2D eigenvalue weighted by molar-refractivity contribution is 6.19. The van der Waals surface area contributed by atoms with E-state index in [0.717, 1.165) is 14.1 Å². The predicted octanol–water partition coefficient (Wildman–Crippen LogP) is -0.328. The van der Waals surface area contributed by atoms with Gasteiger partial charge in [-0.05, 0) is 0 Å². The summed E-state index contributed by atoms with van der Waals surface area (Å²) in [6.07, 6.45) is 0. The number of carbonyl (C=O) groups is 3. The molecular formula is C6H6F2N2O3. The van der Waals surface area contributed by atoms with Crippen molar-refractivity contribution in [2.24, 2.45) is 0 Å². The summed E-state index contributed by atoms with van der Waals surface area (Å²) < 4.78 is 25.5. The Labute approximate surface area is 71.9 Å². The third-order valence-corrected chi connectivity index (χ3v) is 1.72. The van der Waals surface area contributed by atoms with Crippen molar-refractivity contribution in [1.82, 2.24) is 9.80 Å². The molecule has 0 aromatic rings. The molecule has 72 valence electrons. The maximum Gasteiger partial charge on any atom is 0.402 e. The lowest BCUT2D eigenvalue weighted by Gasteiger charge is -2.31. The number of hydrogen-bond donors (Lipinski definition) is 0. The zero-order valence-electron chi connectivity index (χ0n) is 6.88. The van der Waals surface area contributed by atoms with E-state index in [1.807, 2.05) is 0 Å². The van der Waals surface area contributed by atoms with Gasteiger partial charge in [0.25, 0.3) is 0 Å². The van der Waals surface area contributed by atoms with Crippen LogP contribution in [0.3, 0.4) is 0 Å². The third kappa shape index (κ3) is 1.07. The number of amides is 4. The van der Waals surface area contributed by atoms with Crippen molar-refractivity contribution in [3.8, 4) is 0 Å². The zero-order valence-corrected chi connectivity index (χ0v) is 6.88. The van der Waals surface area contributed by atoms with E-state index in [4.69, 9.17) is 0 Å². The molecule has 0 spiro atoms. The van der Waals surface area contributed by atoms with Crippen LogP contribution in [0.5, 0.6) is 0 Å². The Balaban J connectivity index is 3.15. The maximum atomic E-state index is 12.7. The lowest BCUT2D eigenvalue weighted by molar-refractivity contribution is -0.174. The molecule has 0 aromatic heterocycles. The van der Waals surface area contributed by atoms with Crippen LogP contribution < -0.4 is 0 Å². The van der Waals surface area contributed by atoms with E-state index in [0.29, 0.717) is 0 Å². The van der Waals surface area contributed by atoms with Crippen LogP contribution in [0.1, 0.15) is 0 Å². The van der Waals surface area contributed by atoms with Crippen LogP contribution in [0.2, 0.25) is 0 Å². The number of carbonyl (C=O) groups excluding carboxylic acids is 3. The third-order valence-electron chi connectivity index (χ3n) is 1.72. The van der Waals surface area contributed by atoms with Gasteiger partial charge in [0.1, 0.15) is 0 Å². The smallest absolute Gasteiger partial charge is 0.267 e. The summed E-state index contributed by atoms with van der Waals surface area (Å²) in [5.74, 6) is -7.71. The molecule has 0 N–H and O–H groups in total. The fraction of sp³-hybridized carbons (Fsp3) is 0.500. The van der Waals surface area contributed by atoms with Crippen molar-refractivity contribution in [3.63, 3.8) is 0 Å². The molecule has 1 aliphatic rings. The SMILES string of the molecule is CN1C(=O)N(C)C(=O)C(F)(F)C1=O. The number of halogens is 2. The van der Waals surface area contributed by atoms with E-state index in [1.54, 1.807) is 0 Å². The largest absolute Gasteiger partial charge is 0.402 e. The van der Waals surface area contributed by atoms with Crippen molar-refractivity contribution in [1.29, 1.82) is 0 Å². The quantitative estimate of drug-likeness (QED) is 0.494. The zero-order chi connectivity index (χ0) is 10.4. The summed E-state index contributed by atoms with van der Waals surface area (Å²) in [5, 5.41) is 0. The van der Waals surface area contributed by atoms with Gasteiger partial charge in [0.05, 0.1) is 0 Å². The Morgan fingerprint density at radius 2 is 1.31 bits per heavy atom. The molecule has 0 aliphatic carbocycles. The average molecular weight is 192 g/mol. The molecule has 5 nitrogen and oxygen atoms in total. The molecule has 1 saturated heterocycles. The van der Waals surface area contributed by atoms with Gasteiger partial charge >= 0.3 is 23.8 Å². The van der Waals surface area contributed by atoms with Crippen LogP contribution in [-0.4, -0.2) is 47.7 Å². The summed E-state index contributed by atoms with van der Waals surface area (Å²) >= 11 is 0. The first-order valence-electron chi connectivity index (χ1n) is 3.28. The van der Waals surface area contributed by atoms with Crippen LogP contribution in [0.4, 0.5) is 13.6 Å². The number of hydrogen-bond acceptors (Lipinski definition) is 3. The second-order valence-electron chi connectivity index (χ2n) is 2.59. The normalized spacial score (nSPS) is 22.6. The highest BCUT2D eigenvalue weighted by atomic mass is 19.3. The van der Waals surface area contributed by atoms with Crippen LogP contribution in [0.15, 0.2) is 0 Å². The van der Waals surface area contributed by atoms with Crippen LogP contribution in [-0.2, 0) is 9.59 Å². The number of barbiturate groups is 1. The summed E-state index contributed by atoms with van der Waals surface area (Å²) in [7, 11) is 1.78. The van der Waals surface area contributed by atoms with Gasteiger partial charge in [-0.25, -0.2) is 4.79 Å². The minimum atomic E-state index is -4.13. The number of imide groups is 2. The molecule has 1 rings (SSSR count). The molecule has 0 saturated carbocycles. The number of urea groups is 1. The van der Waals surface area contributed by atoms with Gasteiger partial charge in [-0.3, -0.25) is 19.4 Å². The molecule has 13 heavy (non-hydrogen) atoms. The molecule has 0 atom stereocenters. The van der Waals surface area contributed by atoms with Crippen molar-refractivity contribution in [3.05, 3.63) is 0 Å². The van der Waals surface area contributed by atoms with Gasteiger partial charge in [-0.1, -0.05) is 0 Å². The second-order valence-corrected chi connectivity index (χ2v) is 2.59. The predicted molar refractivity (Wildman–Crippen MR) is 35.9 cm³/mol. The van der Waals surface area contributed by atoms with Crippen LogP contribution >= 0.6 is 0 Å². The Morgan fingerprint density at radius 3 is 1.62 bits per heavy atom. The first-order chi connectivity index (χ1) is 5.80. The average Bonchev–Trinajstić information content (AvgIpc) is 2.09. The first-order valence-corrected chi connectivity index (χ1v) is 3.28. The number of alkyl halides is 2. The Kier molecular flexibility index (Phi) is 1.82. The Morgan fingerprint density at radius 1 is 1.00 bits per heavy atom. The van der Waals surface area contributed by atoms with Gasteiger partial charge in [-0.2, -0.15) is 8.78 Å². The monoisotopic (exact) mass is 192 g/mol. The fourth-order valence-electron chi connectivity index (χ4n) is 0.911. The number of rotatable bonds is 0. The van der Waals surface area contributed by atoms with Crippen molar-refractivity contribution in [2.45, 2.75) is 5.92 Å². The van der Waals surface area contributed by atoms with E-state index < -0.39 is 23.8 Å². The van der Waals surface area contributed by atoms with E-state index >= 15 is 0 Å². The van der Waals surface area contributed by atoms with E-state index in [-0.39, 0.29) is 9.80 Å². The molecule has 4 amide bonds. The molecule has 0 unspecified atom stereocenters. The highest BCUT2D eigenvalue weighted by Crippen LogP contribution is 2.24. The Hall–Kier alpha value is -1.53. The minimum absolute atomic E-state index is 0.210. The first kappa shape index (κ1) is 9.56. The maximum absolute atomic E-state index is 12.7. The van der Waals surface area contributed by atoms with Gasteiger partial charge in [-0.15, -0.1) is 0 Å². The van der Waals surface area contributed by atoms with Crippen LogP contribution in [0, 0.1) is 0 Å². The van der Waals surface area contributed by atoms with Gasteiger partial charge in [0.15, 0.2) is 0 Å². The van der Waals surface area contributed by atoms with Crippen molar-refractivity contribution < 1.29 is 23.2 Å². The van der Waals surface area contributed by atoms with Crippen molar-refractivity contribution >= 4 is 17.8 Å². The molecule has 1 aliphatic heterocycles. The lowest BCUT2D eigenvalue weighted by atomic mass is 10.2. The molecule has 0 radical (unpaired) electrons. The van der Waals surface area contributed by atoms with Crippen LogP contribution in [0.25, 0.3) is 0 Å². The standard InChI is InChI=1S/C6H6F2N2O3/c1-9-3(11)6(7,8)4(12)10(2)5(9)13/h1-2H3. The minimum Gasteiger partial charge on any atom is -0.267 e. The van der Waals surface area contributed by atoms with E-state index in [9.17, 15) is 23.2 Å². The highest BCUT2D eigenvalue weighted by Gasteiger charge is 2.57. The summed E-state index contributed by atoms with van der Waals surface area (Å²) in [4.78, 5) is 32.8. The molecule has 1 fully saturated rings. The van der Waals surface area contributed by atoms with Gasteiger partial charge < -0.3 is 0 Å². The summed E-state index contributed by atoms with van der Waals surface area (Å²) in [6, 6.07) is -1.05. The van der Waals surface area contributed by atoms with E-state index in [1.165, 1.54) is 0 Å². The number of nitrogens with zero attached hydrogens (tertiary/aromatic N) is 2. The lowest BCUT2D eigenvalue weighted by Crippen LogP contribution is -2.63. The molecule has 0 bridgehead atoms. The van der Waals surface area contributed by atoms with Crippen molar-refractivity contribution in [2.75, 3.05) is 14.1 Å². The Bertz CT molecular complexity index is 276. The molecule has 0 aromatic carbocycles. The second kappa shape index (κ2) is 2.48. The van der Waals surface area contributed by atoms with Gasteiger partial charge in [0.2, 0.25) is 0 Å². The summed E-state index contributed by atoms with van der Waals surface area (Å²) in [5.41, 5.74) is 0. The fourth-order valence-corrected chi connectivity index (χ4v) is 0.911. The topological polar surface area (TPSA) is 57.7 Å². The van der Waals surface area contributed by atoms with E-state index in [2.05, 4.69) is 0 Å². The molecule has 1 heterocycles. The van der Waals surface area contributed by atoms with Gasteiger partial charge in [0, 0.05) is 14.1 Å². The summed E-state index contributed by atoms with van der Waals surface area (Å²) in [6.45, 7) is 0. The molecule has 7 heteroatoms. The molecular weight excluding hydrogens is 186 g/mol.